The van der Waals surface area contributed by atoms with Gasteiger partial charge in [0.2, 0.25) is 0 Å². The molecule has 6 heteroatoms. The second-order valence-corrected chi connectivity index (χ2v) is 7.19. The van der Waals surface area contributed by atoms with Gasteiger partial charge in [-0.3, -0.25) is 0 Å². The van der Waals surface area contributed by atoms with E-state index in [9.17, 15) is 10.1 Å². The Morgan fingerprint density at radius 2 is 1.88 bits per heavy atom. The molecule has 1 aromatic heterocycles. The van der Waals surface area contributed by atoms with Crippen molar-refractivity contribution in [2.24, 2.45) is 0 Å². The van der Waals surface area contributed by atoms with E-state index in [2.05, 4.69) is 31.0 Å². The molecule has 0 unspecified atom stereocenters. The zero-order chi connectivity index (χ0) is 18.9. The van der Waals surface area contributed by atoms with E-state index in [1.54, 1.807) is 10.8 Å². The number of nitrogen functional groups attached to an aromatic ring is 1. The first-order valence-electron chi connectivity index (χ1n) is 8.68. The van der Waals surface area contributed by atoms with Crippen molar-refractivity contribution in [2.45, 2.75) is 25.2 Å². The predicted octanol–water partition coefficient (Wildman–Crippen LogP) is 2.70. The maximum absolute atomic E-state index is 12.1. The lowest BCUT2D eigenvalue weighted by Gasteiger charge is -2.38. The van der Waals surface area contributed by atoms with E-state index in [-0.39, 0.29) is 22.4 Å². The molecule has 0 spiro atoms. The number of esters is 1. The summed E-state index contributed by atoms with van der Waals surface area (Å²) in [7, 11) is 3.45. The number of nitrogens with zero attached hydrogens (tertiary/aromatic N) is 3. The summed E-state index contributed by atoms with van der Waals surface area (Å²) in [5.74, 6) is -0.560. The number of likely N-dealkylation sites (tertiary alicyclic amines) is 1. The fourth-order valence-electron chi connectivity index (χ4n) is 3.54. The van der Waals surface area contributed by atoms with Crippen molar-refractivity contribution in [3.8, 4) is 11.8 Å². The van der Waals surface area contributed by atoms with E-state index < -0.39 is 5.97 Å². The Morgan fingerprint density at radius 1 is 1.27 bits per heavy atom. The van der Waals surface area contributed by atoms with E-state index in [1.807, 2.05) is 18.2 Å². The molecule has 1 aliphatic rings. The second kappa shape index (κ2) is 6.85. The van der Waals surface area contributed by atoms with Crippen molar-refractivity contribution in [1.82, 2.24) is 9.47 Å². The van der Waals surface area contributed by atoms with Crippen molar-refractivity contribution in [3.63, 3.8) is 0 Å². The van der Waals surface area contributed by atoms with Crippen LogP contribution in [0.4, 0.5) is 5.69 Å². The highest BCUT2D eigenvalue weighted by molar-refractivity contribution is 5.95. The third kappa shape index (κ3) is 3.06. The zero-order valence-electron chi connectivity index (χ0n) is 15.5. The van der Waals surface area contributed by atoms with Gasteiger partial charge < -0.3 is 19.9 Å². The van der Waals surface area contributed by atoms with Gasteiger partial charge in [-0.25, -0.2) is 4.79 Å². The monoisotopic (exact) mass is 352 g/mol. The van der Waals surface area contributed by atoms with E-state index in [0.29, 0.717) is 0 Å². The number of aromatic nitrogens is 1. The number of benzene rings is 1. The van der Waals surface area contributed by atoms with Gasteiger partial charge in [-0.2, -0.15) is 5.26 Å². The molecule has 2 heterocycles. The number of nitrogens with two attached hydrogens (primary N) is 1. The fourth-order valence-corrected chi connectivity index (χ4v) is 3.54. The molecule has 0 bridgehead atoms. The van der Waals surface area contributed by atoms with Gasteiger partial charge in [-0.15, -0.1) is 0 Å². The first-order chi connectivity index (χ1) is 12.4. The molecule has 3 rings (SSSR count). The lowest BCUT2D eigenvalue weighted by atomic mass is 9.74. The number of nitriles is 1. The van der Waals surface area contributed by atoms with E-state index >= 15 is 0 Å². The van der Waals surface area contributed by atoms with Gasteiger partial charge in [0.05, 0.1) is 18.4 Å². The minimum atomic E-state index is -0.560. The summed E-state index contributed by atoms with van der Waals surface area (Å²) in [5, 5.41) is 9.23. The standard InChI is InChI=1S/C20H24N4O2/c1-20(8-10-23(2)11-9-20)15-4-6-16(7-5-15)24-13-14(12-21)17(22)18(24)19(25)26-3/h4-7,13H,8-11,22H2,1-3H3. The first kappa shape index (κ1) is 18.0. The lowest BCUT2D eigenvalue weighted by molar-refractivity contribution is 0.0593. The van der Waals surface area contributed by atoms with Crippen LogP contribution < -0.4 is 5.73 Å². The number of hydrogen-bond donors (Lipinski definition) is 1. The highest BCUT2D eigenvalue weighted by Crippen LogP contribution is 2.35. The Morgan fingerprint density at radius 3 is 2.42 bits per heavy atom. The molecular weight excluding hydrogens is 328 g/mol. The van der Waals surface area contributed by atoms with Crippen LogP contribution in [0.15, 0.2) is 30.5 Å². The van der Waals surface area contributed by atoms with Crippen molar-refractivity contribution in [1.29, 1.82) is 5.26 Å². The summed E-state index contributed by atoms with van der Waals surface area (Å²) in [6, 6.07) is 10.2. The van der Waals surface area contributed by atoms with Gasteiger partial charge in [0.15, 0.2) is 5.69 Å². The number of hydrogen-bond acceptors (Lipinski definition) is 5. The van der Waals surface area contributed by atoms with E-state index in [0.717, 1.165) is 31.6 Å². The maximum Gasteiger partial charge on any atom is 0.357 e. The van der Waals surface area contributed by atoms with Crippen molar-refractivity contribution >= 4 is 11.7 Å². The fraction of sp³-hybridized carbons (Fsp3) is 0.400. The molecule has 0 radical (unpaired) electrons. The topological polar surface area (TPSA) is 84.3 Å². The normalized spacial score (nSPS) is 16.8. The van der Waals surface area contributed by atoms with Crippen LogP contribution in [-0.4, -0.2) is 42.7 Å². The van der Waals surface area contributed by atoms with Crippen LogP contribution in [0.2, 0.25) is 0 Å². The number of carbonyl (C=O) groups is 1. The molecule has 2 aromatic rings. The zero-order valence-corrected chi connectivity index (χ0v) is 15.5. The van der Waals surface area contributed by atoms with Crippen molar-refractivity contribution in [2.75, 3.05) is 33.0 Å². The minimum Gasteiger partial charge on any atom is -0.464 e. The number of ether oxygens (including phenoxy) is 1. The average Bonchev–Trinajstić information content (AvgIpc) is 3.00. The molecule has 0 aliphatic carbocycles. The van der Waals surface area contributed by atoms with Crippen LogP contribution in [0.1, 0.15) is 41.4 Å². The third-order valence-corrected chi connectivity index (χ3v) is 5.48. The SMILES string of the molecule is COC(=O)c1c(N)c(C#N)cn1-c1ccc(C2(C)CCN(C)CC2)cc1. The van der Waals surface area contributed by atoms with Crippen LogP contribution in [0.25, 0.3) is 5.69 Å². The number of carbonyl (C=O) groups excluding carboxylic acids is 1. The number of methoxy groups -OCH3 is 1. The van der Waals surface area contributed by atoms with Crippen molar-refractivity contribution in [3.05, 3.63) is 47.3 Å². The summed E-state index contributed by atoms with van der Waals surface area (Å²) >= 11 is 0. The molecule has 1 aliphatic heterocycles. The van der Waals surface area contributed by atoms with Crippen LogP contribution >= 0.6 is 0 Å². The predicted molar refractivity (Wildman–Crippen MR) is 100 cm³/mol. The van der Waals surface area contributed by atoms with Crippen molar-refractivity contribution < 1.29 is 9.53 Å². The number of piperidine rings is 1. The smallest absolute Gasteiger partial charge is 0.357 e. The van der Waals surface area contributed by atoms with Gasteiger partial charge in [0.25, 0.3) is 0 Å². The summed E-state index contributed by atoms with van der Waals surface area (Å²) in [6.45, 7) is 4.48. The summed E-state index contributed by atoms with van der Waals surface area (Å²) in [6.07, 6.45) is 3.81. The Bertz CT molecular complexity index is 853. The Balaban J connectivity index is 1.97. The molecular formula is C20H24N4O2. The Labute approximate surface area is 153 Å². The molecule has 136 valence electrons. The first-order valence-corrected chi connectivity index (χ1v) is 8.68. The molecule has 6 nitrogen and oxygen atoms in total. The largest absolute Gasteiger partial charge is 0.464 e. The molecule has 0 amide bonds. The van der Waals surface area contributed by atoms with Gasteiger partial charge >= 0.3 is 5.97 Å². The highest BCUT2D eigenvalue weighted by Gasteiger charge is 2.30. The van der Waals surface area contributed by atoms with Gasteiger partial charge in [-0.1, -0.05) is 19.1 Å². The van der Waals surface area contributed by atoms with E-state index in [1.165, 1.54) is 12.7 Å². The van der Waals surface area contributed by atoms with Crippen LogP contribution in [-0.2, 0) is 10.2 Å². The molecule has 0 atom stereocenters. The second-order valence-electron chi connectivity index (χ2n) is 7.19. The summed E-state index contributed by atoms with van der Waals surface area (Å²) in [5.41, 5.74) is 8.77. The van der Waals surface area contributed by atoms with Gasteiger partial charge in [0.1, 0.15) is 6.07 Å². The molecule has 1 saturated heterocycles. The summed E-state index contributed by atoms with van der Waals surface area (Å²) in [4.78, 5) is 14.5. The molecule has 1 aromatic carbocycles. The number of anilines is 1. The Hall–Kier alpha value is -2.78. The highest BCUT2D eigenvalue weighted by atomic mass is 16.5. The molecule has 26 heavy (non-hydrogen) atoms. The lowest BCUT2D eigenvalue weighted by Crippen LogP contribution is -2.38. The maximum atomic E-state index is 12.1. The third-order valence-electron chi connectivity index (χ3n) is 5.48. The summed E-state index contributed by atoms with van der Waals surface area (Å²) < 4.78 is 6.45. The van der Waals surface area contributed by atoms with Crippen LogP contribution in [0, 0.1) is 11.3 Å². The minimum absolute atomic E-state index is 0.144. The van der Waals surface area contributed by atoms with Crippen LogP contribution in [0.3, 0.4) is 0 Å². The van der Waals surface area contributed by atoms with Gasteiger partial charge in [-0.05, 0) is 56.1 Å². The quantitative estimate of drug-likeness (QED) is 0.859. The van der Waals surface area contributed by atoms with Crippen LogP contribution in [0.5, 0.6) is 0 Å². The average molecular weight is 352 g/mol. The molecule has 0 saturated carbocycles. The van der Waals surface area contributed by atoms with E-state index in [4.69, 9.17) is 10.5 Å². The molecule has 2 N–H and O–H groups in total. The van der Waals surface area contributed by atoms with Gasteiger partial charge in [0, 0.05) is 11.9 Å². The molecule has 1 fully saturated rings. The Kier molecular flexibility index (Phi) is 4.75. The number of rotatable bonds is 3.